The summed E-state index contributed by atoms with van der Waals surface area (Å²) in [5, 5.41) is 11.9. The number of rotatable bonds is 11. The molecule has 0 unspecified atom stereocenters. The minimum absolute atomic E-state index is 0.0308. The Labute approximate surface area is 234 Å². The third kappa shape index (κ3) is 6.99. The van der Waals surface area contributed by atoms with Crippen molar-refractivity contribution in [3.05, 3.63) is 53.6 Å². The number of esters is 2. The predicted octanol–water partition coefficient (Wildman–Crippen LogP) is 3.41. The lowest BCUT2D eigenvalue weighted by molar-refractivity contribution is -0.321. The number of nitrogens with one attached hydrogen (secondary N) is 1. The summed E-state index contributed by atoms with van der Waals surface area (Å²) in [4.78, 5) is 36.7. The van der Waals surface area contributed by atoms with Crippen LogP contribution in [0.1, 0.15) is 50.0 Å². The fraction of sp³-hybridized carbons (Fsp3) is 0.500. The molecule has 0 spiro atoms. The molecule has 0 radical (unpaired) electrons. The zero-order valence-corrected chi connectivity index (χ0v) is 23.9. The molecule has 1 fully saturated rings. The fourth-order valence-corrected chi connectivity index (χ4v) is 5.06. The molecule has 2 N–H and O–H groups in total. The molecule has 5 atom stereocenters. The summed E-state index contributed by atoms with van der Waals surface area (Å²) in [5.41, 5.74) is 1.38. The van der Waals surface area contributed by atoms with Crippen LogP contribution in [0.3, 0.4) is 0 Å². The zero-order chi connectivity index (χ0) is 29.4. The molecule has 3 rings (SSSR count). The lowest BCUT2D eigenvalue weighted by Crippen LogP contribution is -2.69. The molecule has 0 saturated carbocycles. The molecule has 0 bridgehead atoms. The first-order valence-corrected chi connectivity index (χ1v) is 13.4. The van der Waals surface area contributed by atoms with Crippen LogP contribution in [0.4, 0.5) is 0 Å². The number of hydrogen-bond acceptors (Lipinski definition) is 9. The van der Waals surface area contributed by atoms with Crippen molar-refractivity contribution in [3.8, 4) is 16.9 Å². The predicted molar refractivity (Wildman–Crippen MR) is 147 cm³/mol. The van der Waals surface area contributed by atoms with E-state index in [2.05, 4.69) is 5.32 Å². The van der Waals surface area contributed by atoms with Gasteiger partial charge in [0.2, 0.25) is 11.9 Å². The lowest BCUT2D eigenvalue weighted by atomic mass is 9.80. The second kappa shape index (κ2) is 13.7. The number of aliphatic hydroxyl groups excluding tert-OH is 1. The average Bonchev–Trinajstić information content (AvgIpc) is 2.92. The van der Waals surface area contributed by atoms with E-state index in [1.54, 1.807) is 25.2 Å². The van der Waals surface area contributed by atoms with Crippen LogP contribution >= 0.6 is 0 Å². The van der Waals surface area contributed by atoms with Crippen molar-refractivity contribution >= 4 is 17.8 Å². The molecule has 1 aliphatic heterocycles. The van der Waals surface area contributed by atoms with Crippen LogP contribution in [0.5, 0.6) is 5.75 Å². The minimum atomic E-state index is -1.65. The second-order valence-electron chi connectivity index (χ2n) is 9.89. The maximum Gasteiger partial charge on any atom is 0.303 e. The molecule has 1 saturated heterocycles. The first-order valence-electron chi connectivity index (χ1n) is 13.4. The highest BCUT2D eigenvalue weighted by Crippen LogP contribution is 2.42. The summed E-state index contributed by atoms with van der Waals surface area (Å²) in [6, 6.07) is 12.8. The average molecular weight is 558 g/mol. The van der Waals surface area contributed by atoms with Crippen LogP contribution < -0.4 is 10.1 Å². The first-order chi connectivity index (χ1) is 19.1. The first kappa shape index (κ1) is 31.1. The number of ether oxygens (including phenoxy) is 5. The van der Waals surface area contributed by atoms with Crippen LogP contribution in [0.2, 0.25) is 0 Å². The monoisotopic (exact) mass is 557 g/mol. The van der Waals surface area contributed by atoms with Gasteiger partial charge in [-0.25, -0.2) is 0 Å². The Morgan fingerprint density at radius 3 is 2.40 bits per heavy atom. The molecule has 1 amide bonds. The van der Waals surface area contributed by atoms with E-state index in [1.165, 1.54) is 13.8 Å². The Bertz CT molecular complexity index is 1200. The van der Waals surface area contributed by atoms with Crippen molar-refractivity contribution in [2.24, 2.45) is 5.92 Å². The largest absolute Gasteiger partial charge is 0.460 e. The topological polar surface area (TPSA) is 130 Å². The molecule has 1 heterocycles. The summed E-state index contributed by atoms with van der Waals surface area (Å²) < 4.78 is 30.0. The van der Waals surface area contributed by atoms with Crippen LogP contribution in [0.15, 0.2) is 42.5 Å². The Kier molecular flexibility index (Phi) is 10.7. The molecule has 10 nitrogen and oxygen atoms in total. The number of hydrogen-bond donors (Lipinski definition) is 2. The van der Waals surface area contributed by atoms with Gasteiger partial charge in [0.05, 0.1) is 25.9 Å². The van der Waals surface area contributed by atoms with Crippen molar-refractivity contribution in [3.63, 3.8) is 0 Å². The third-order valence-electron chi connectivity index (χ3n) is 6.93. The van der Waals surface area contributed by atoms with Gasteiger partial charge in [-0.05, 0) is 54.3 Å². The molecular formula is C30H39NO9. The van der Waals surface area contributed by atoms with Crippen molar-refractivity contribution in [1.82, 2.24) is 5.32 Å². The van der Waals surface area contributed by atoms with Crippen molar-refractivity contribution in [2.45, 2.75) is 65.1 Å². The highest BCUT2D eigenvalue weighted by atomic mass is 16.7. The van der Waals surface area contributed by atoms with Gasteiger partial charge >= 0.3 is 11.9 Å². The number of carbonyl (C=O) groups excluding carboxylic acids is 3. The zero-order valence-electron chi connectivity index (χ0n) is 23.9. The standard InChI is InChI=1S/C30H39NO9/c1-7-25-19(3)27(37-20(4)33)30(40-21(5)34,17-36-14-13-32)29(38-25)39-26-12-11-23(15-18(26)2)22-9-8-10-24(16-22)28(35)31-6/h8-12,15-16,19,25,27,29,32H,7,13-14,17H2,1-6H3,(H,31,35)/t19-,25-,27+,29-,30+/m1/s1. The van der Waals surface area contributed by atoms with E-state index >= 15 is 0 Å². The summed E-state index contributed by atoms with van der Waals surface area (Å²) in [6.07, 6.45) is -1.92. The number of aryl methyl sites for hydroxylation is 1. The molecule has 40 heavy (non-hydrogen) atoms. The Hall–Kier alpha value is -3.47. The Morgan fingerprint density at radius 2 is 1.80 bits per heavy atom. The van der Waals surface area contributed by atoms with E-state index in [1.807, 2.05) is 45.0 Å². The number of benzene rings is 2. The van der Waals surface area contributed by atoms with Crippen LogP contribution in [-0.4, -0.2) is 73.9 Å². The van der Waals surface area contributed by atoms with Gasteiger partial charge in [0, 0.05) is 32.4 Å². The smallest absolute Gasteiger partial charge is 0.303 e. The van der Waals surface area contributed by atoms with E-state index < -0.39 is 29.9 Å². The maximum absolute atomic E-state index is 12.4. The molecular weight excluding hydrogens is 518 g/mol. The van der Waals surface area contributed by atoms with E-state index in [4.69, 9.17) is 23.7 Å². The van der Waals surface area contributed by atoms with Gasteiger partial charge in [0.25, 0.3) is 5.91 Å². The summed E-state index contributed by atoms with van der Waals surface area (Å²) in [6.45, 7) is 7.68. The number of amides is 1. The van der Waals surface area contributed by atoms with Gasteiger partial charge in [0.15, 0.2) is 6.10 Å². The molecule has 0 aromatic heterocycles. The Balaban J connectivity index is 2.03. The van der Waals surface area contributed by atoms with Crippen LogP contribution in [-0.2, 0) is 28.5 Å². The molecule has 2 aromatic carbocycles. The Morgan fingerprint density at radius 1 is 1.07 bits per heavy atom. The third-order valence-corrected chi connectivity index (χ3v) is 6.93. The van der Waals surface area contributed by atoms with Gasteiger partial charge in [-0.2, -0.15) is 0 Å². The van der Waals surface area contributed by atoms with Gasteiger partial charge in [-0.3, -0.25) is 14.4 Å². The SMILES string of the molecule is CC[C@H]1O[C@H](Oc2ccc(-c3cccc(C(=O)NC)c3)cc2C)[C@@](COCCO)(OC(C)=O)[C@@H](OC(C)=O)[C@@H]1C. The fourth-order valence-electron chi connectivity index (χ4n) is 5.06. The van der Waals surface area contributed by atoms with E-state index in [-0.39, 0.29) is 37.7 Å². The van der Waals surface area contributed by atoms with Crippen molar-refractivity contribution < 1.29 is 43.2 Å². The molecule has 2 aromatic rings. The van der Waals surface area contributed by atoms with Crippen molar-refractivity contribution in [1.29, 1.82) is 0 Å². The maximum atomic E-state index is 12.4. The van der Waals surface area contributed by atoms with E-state index in [9.17, 15) is 19.5 Å². The molecule has 218 valence electrons. The van der Waals surface area contributed by atoms with Gasteiger partial charge in [-0.15, -0.1) is 0 Å². The summed E-state index contributed by atoms with van der Waals surface area (Å²) in [7, 11) is 1.58. The normalized spacial score (nSPS) is 24.2. The molecule has 10 heteroatoms. The highest BCUT2D eigenvalue weighted by Gasteiger charge is 2.61. The van der Waals surface area contributed by atoms with E-state index in [0.29, 0.717) is 17.7 Å². The quantitative estimate of drug-likeness (QED) is 0.315. The van der Waals surface area contributed by atoms with Crippen LogP contribution in [0.25, 0.3) is 11.1 Å². The van der Waals surface area contributed by atoms with Crippen molar-refractivity contribution in [2.75, 3.05) is 26.9 Å². The second-order valence-corrected chi connectivity index (χ2v) is 9.89. The van der Waals surface area contributed by atoms with Gasteiger partial charge in [0.1, 0.15) is 5.75 Å². The highest BCUT2D eigenvalue weighted by molar-refractivity contribution is 5.95. The summed E-state index contributed by atoms with van der Waals surface area (Å²) >= 11 is 0. The number of carbonyl (C=O) groups is 3. The van der Waals surface area contributed by atoms with Crippen LogP contribution in [0, 0.1) is 12.8 Å². The van der Waals surface area contributed by atoms with E-state index in [0.717, 1.165) is 16.7 Å². The number of aliphatic hydroxyl groups is 1. The molecule has 1 aliphatic rings. The molecule has 0 aliphatic carbocycles. The van der Waals surface area contributed by atoms with Gasteiger partial charge in [-0.1, -0.05) is 32.0 Å². The lowest BCUT2D eigenvalue weighted by Gasteiger charge is -2.51. The van der Waals surface area contributed by atoms with Gasteiger partial charge < -0.3 is 34.1 Å². The minimum Gasteiger partial charge on any atom is -0.460 e. The summed E-state index contributed by atoms with van der Waals surface area (Å²) in [5.74, 6) is -1.26.